The number of carbonyl (C=O) groups excluding carboxylic acids is 3. The highest BCUT2D eigenvalue weighted by atomic mass is 16.5. The van der Waals surface area contributed by atoms with Crippen molar-refractivity contribution in [3.63, 3.8) is 0 Å². The largest absolute Gasteiger partial charge is 0.423 e. The van der Waals surface area contributed by atoms with Gasteiger partial charge in [-0.05, 0) is 80.5 Å². The summed E-state index contributed by atoms with van der Waals surface area (Å²) < 4.78 is 5.52. The van der Waals surface area contributed by atoms with Crippen LogP contribution < -0.4 is 9.64 Å². The van der Waals surface area contributed by atoms with Gasteiger partial charge in [-0.2, -0.15) is 0 Å². The average molecular weight is 391 g/mol. The van der Waals surface area contributed by atoms with Gasteiger partial charge in [-0.3, -0.25) is 14.5 Å². The van der Waals surface area contributed by atoms with Crippen LogP contribution in [0, 0.1) is 31.6 Å². The summed E-state index contributed by atoms with van der Waals surface area (Å²) in [6.07, 6.45) is 2.52. The lowest BCUT2D eigenvalue weighted by Gasteiger charge is -2.25. The molecule has 1 saturated carbocycles. The number of carbonyl (C=O) groups is 3. The first-order valence-electron chi connectivity index (χ1n) is 10.1. The summed E-state index contributed by atoms with van der Waals surface area (Å²) in [4.78, 5) is 39.4. The highest BCUT2D eigenvalue weighted by Gasteiger charge is 2.49. The predicted molar refractivity (Wildman–Crippen MR) is 110 cm³/mol. The summed E-state index contributed by atoms with van der Waals surface area (Å²) in [6.45, 7) is 6.00. The van der Waals surface area contributed by atoms with Crippen molar-refractivity contribution >= 4 is 23.5 Å². The Morgan fingerprint density at radius 2 is 1.66 bits per heavy atom. The Labute approximate surface area is 170 Å². The average Bonchev–Trinajstić information content (AvgIpc) is 2.95. The topological polar surface area (TPSA) is 63.7 Å². The molecule has 1 aliphatic carbocycles. The Kier molecular flexibility index (Phi) is 4.99. The molecule has 0 unspecified atom stereocenters. The molecule has 2 amide bonds. The Bertz CT molecular complexity index is 979. The van der Waals surface area contributed by atoms with E-state index in [0.717, 1.165) is 30.4 Å². The normalized spacial score (nSPS) is 23.8. The number of nitrogens with zero attached hydrogens (tertiary/aromatic N) is 1. The molecule has 2 fully saturated rings. The van der Waals surface area contributed by atoms with E-state index in [1.54, 1.807) is 30.3 Å². The number of esters is 1. The highest BCUT2D eigenvalue weighted by molar-refractivity contribution is 6.22. The molecule has 5 nitrogen and oxygen atoms in total. The molecule has 0 bridgehead atoms. The molecule has 3 atom stereocenters. The maximum absolute atomic E-state index is 12.8. The maximum atomic E-state index is 12.8. The lowest BCUT2D eigenvalue weighted by Crippen LogP contribution is -2.30. The van der Waals surface area contributed by atoms with E-state index in [9.17, 15) is 14.4 Å². The van der Waals surface area contributed by atoms with Gasteiger partial charge in [0, 0.05) is 0 Å². The Balaban J connectivity index is 1.52. The van der Waals surface area contributed by atoms with Gasteiger partial charge in [0.15, 0.2) is 0 Å². The molecule has 5 heteroatoms. The predicted octanol–water partition coefficient (Wildman–Crippen LogP) is 4.45. The van der Waals surface area contributed by atoms with Gasteiger partial charge in [-0.25, -0.2) is 4.79 Å². The third-order valence-corrected chi connectivity index (χ3v) is 6.31. The van der Waals surface area contributed by atoms with Crippen LogP contribution in [0.15, 0.2) is 42.5 Å². The minimum Gasteiger partial charge on any atom is -0.423 e. The van der Waals surface area contributed by atoms with Crippen LogP contribution in [0.3, 0.4) is 0 Å². The Hall–Kier alpha value is -2.95. The second kappa shape index (κ2) is 7.47. The zero-order valence-corrected chi connectivity index (χ0v) is 17.0. The fraction of sp³-hybridized carbons (Fsp3) is 0.375. The molecule has 1 heterocycles. The quantitative estimate of drug-likeness (QED) is 0.441. The lowest BCUT2D eigenvalue weighted by molar-refractivity contribution is -0.122. The van der Waals surface area contributed by atoms with E-state index in [-0.39, 0.29) is 23.7 Å². The van der Waals surface area contributed by atoms with Crippen LogP contribution in [0.25, 0.3) is 0 Å². The van der Waals surface area contributed by atoms with Gasteiger partial charge in [-0.1, -0.05) is 19.1 Å². The van der Waals surface area contributed by atoms with Crippen molar-refractivity contribution in [3.05, 3.63) is 59.2 Å². The van der Waals surface area contributed by atoms with Crippen LogP contribution in [0.4, 0.5) is 5.69 Å². The van der Waals surface area contributed by atoms with Gasteiger partial charge in [0.05, 0.1) is 23.1 Å². The molecule has 0 spiro atoms. The number of amides is 2. The van der Waals surface area contributed by atoms with Crippen molar-refractivity contribution in [2.75, 3.05) is 4.90 Å². The molecular formula is C24H25NO4. The first-order valence-corrected chi connectivity index (χ1v) is 10.1. The van der Waals surface area contributed by atoms with E-state index in [4.69, 9.17) is 4.74 Å². The summed E-state index contributed by atoms with van der Waals surface area (Å²) in [5.41, 5.74) is 2.86. The number of ether oxygens (including phenoxy) is 1. The first-order chi connectivity index (χ1) is 13.9. The summed E-state index contributed by atoms with van der Waals surface area (Å²) >= 11 is 0. The second-order valence-electron chi connectivity index (χ2n) is 8.28. The number of hydrogen-bond donors (Lipinski definition) is 0. The molecular weight excluding hydrogens is 366 g/mol. The van der Waals surface area contributed by atoms with Crippen LogP contribution in [0.2, 0.25) is 0 Å². The fourth-order valence-corrected chi connectivity index (χ4v) is 4.38. The van der Waals surface area contributed by atoms with Crippen molar-refractivity contribution < 1.29 is 19.1 Å². The molecule has 2 aliphatic rings. The van der Waals surface area contributed by atoms with Crippen molar-refractivity contribution in [3.8, 4) is 5.75 Å². The van der Waals surface area contributed by atoms with E-state index in [0.29, 0.717) is 22.9 Å². The van der Waals surface area contributed by atoms with E-state index in [1.807, 2.05) is 26.0 Å². The van der Waals surface area contributed by atoms with Gasteiger partial charge in [0.25, 0.3) is 0 Å². The SMILES string of the molecule is Cc1cccc(OC(=O)c2ccc(N3C(=O)[C@H]4CC[C@H](C)C[C@H]4C3=O)cc2)c1C. The molecule has 29 heavy (non-hydrogen) atoms. The molecule has 0 radical (unpaired) electrons. The van der Waals surface area contributed by atoms with Crippen LogP contribution >= 0.6 is 0 Å². The third kappa shape index (κ3) is 3.46. The lowest BCUT2D eigenvalue weighted by atomic mass is 9.76. The molecule has 2 aromatic rings. The summed E-state index contributed by atoms with van der Waals surface area (Å²) in [7, 11) is 0. The fourth-order valence-electron chi connectivity index (χ4n) is 4.38. The summed E-state index contributed by atoms with van der Waals surface area (Å²) in [6, 6.07) is 12.1. The molecule has 0 N–H and O–H groups in total. The van der Waals surface area contributed by atoms with Gasteiger partial charge >= 0.3 is 5.97 Å². The maximum Gasteiger partial charge on any atom is 0.343 e. The monoisotopic (exact) mass is 391 g/mol. The Morgan fingerprint density at radius 3 is 2.38 bits per heavy atom. The van der Waals surface area contributed by atoms with Gasteiger partial charge in [0.2, 0.25) is 11.8 Å². The van der Waals surface area contributed by atoms with Crippen LogP contribution in [-0.2, 0) is 9.59 Å². The number of fused-ring (bicyclic) bond motifs is 1. The Morgan fingerprint density at radius 1 is 0.966 bits per heavy atom. The summed E-state index contributed by atoms with van der Waals surface area (Å²) in [5, 5.41) is 0. The highest BCUT2D eigenvalue weighted by Crippen LogP contribution is 2.42. The zero-order chi connectivity index (χ0) is 20.7. The molecule has 1 aliphatic heterocycles. The minimum absolute atomic E-state index is 0.113. The van der Waals surface area contributed by atoms with Gasteiger partial charge in [-0.15, -0.1) is 0 Å². The third-order valence-electron chi connectivity index (χ3n) is 6.31. The van der Waals surface area contributed by atoms with Crippen LogP contribution in [0.5, 0.6) is 5.75 Å². The van der Waals surface area contributed by atoms with E-state index >= 15 is 0 Å². The smallest absolute Gasteiger partial charge is 0.343 e. The van der Waals surface area contributed by atoms with Gasteiger partial charge in [0.1, 0.15) is 5.75 Å². The summed E-state index contributed by atoms with van der Waals surface area (Å²) in [5.74, 6) is -0.105. The van der Waals surface area contributed by atoms with Crippen molar-refractivity contribution in [1.29, 1.82) is 0 Å². The number of anilines is 1. The minimum atomic E-state index is -0.466. The molecule has 2 aromatic carbocycles. The molecule has 4 rings (SSSR count). The van der Waals surface area contributed by atoms with Crippen molar-refractivity contribution in [2.24, 2.45) is 17.8 Å². The van der Waals surface area contributed by atoms with Crippen molar-refractivity contribution in [1.82, 2.24) is 0 Å². The number of imide groups is 1. The van der Waals surface area contributed by atoms with Crippen LogP contribution in [0.1, 0.15) is 47.7 Å². The molecule has 0 aromatic heterocycles. The van der Waals surface area contributed by atoms with E-state index in [1.165, 1.54) is 4.90 Å². The van der Waals surface area contributed by atoms with Crippen molar-refractivity contribution in [2.45, 2.75) is 40.0 Å². The number of benzene rings is 2. The number of hydrogen-bond acceptors (Lipinski definition) is 4. The van der Waals surface area contributed by atoms with E-state index in [2.05, 4.69) is 6.92 Å². The number of rotatable bonds is 3. The second-order valence-corrected chi connectivity index (χ2v) is 8.28. The first kappa shape index (κ1) is 19.4. The van der Waals surface area contributed by atoms with Crippen LogP contribution in [-0.4, -0.2) is 17.8 Å². The van der Waals surface area contributed by atoms with Gasteiger partial charge < -0.3 is 4.74 Å². The zero-order valence-electron chi connectivity index (χ0n) is 17.0. The molecule has 150 valence electrons. The number of aryl methyl sites for hydroxylation is 1. The molecule has 1 saturated heterocycles. The standard InChI is InChI=1S/C24H25NO4/c1-14-7-12-19-20(13-14)23(27)25(22(19)26)18-10-8-17(9-11-18)24(28)29-21-6-4-5-15(2)16(21)3/h4-6,8-11,14,19-20H,7,12-13H2,1-3H3/t14-,19-,20+/m0/s1. The van der Waals surface area contributed by atoms with E-state index < -0.39 is 5.97 Å².